The summed E-state index contributed by atoms with van der Waals surface area (Å²) in [6.45, 7) is 5.16. The van der Waals surface area contributed by atoms with Gasteiger partial charge in [-0.05, 0) is 48.4 Å². The summed E-state index contributed by atoms with van der Waals surface area (Å²) in [5.41, 5.74) is -1.94. The van der Waals surface area contributed by atoms with Gasteiger partial charge < -0.3 is 15.1 Å². The maximum atomic E-state index is 13.5. The first-order chi connectivity index (χ1) is 17.0. The Morgan fingerprint density at radius 2 is 1.73 bits per heavy atom. The third-order valence-corrected chi connectivity index (χ3v) is 7.53. The van der Waals surface area contributed by atoms with Gasteiger partial charge in [0.2, 0.25) is 11.8 Å². The van der Waals surface area contributed by atoms with Gasteiger partial charge in [-0.2, -0.15) is 13.2 Å². The molecule has 2 fully saturated rings. The lowest BCUT2D eigenvalue weighted by Crippen LogP contribution is -2.51. The molecule has 0 spiro atoms. The molecule has 0 radical (unpaired) electrons. The highest BCUT2D eigenvalue weighted by atomic mass is 35.5. The SMILES string of the molecule is CN(CN1C(=O)NC(CCC(=O)N2Cc3cc(Cl)c(C(F)(F)F)cc3C2)(C2CC2)C1=O)C(=O)C(C)(C)C. The number of hydrogen-bond acceptors (Lipinski definition) is 4. The van der Waals surface area contributed by atoms with Crippen molar-refractivity contribution in [3.8, 4) is 0 Å². The van der Waals surface area contributed by atoms with Crippen LogP contribution in [0, 0.1) is 11.3 Å². The number of halogens is 4. The number of fused-ring (bicyclic) bond motifs is 1. The summed E-state index contributed by atoms with van der Waals surface area (Å²) in [5, 5.41) is 2.38. The predicted molar refractivity (Wildman–Crippen MR) is 128 cm³/mol. The second kappa shape index (κ2) is 9.18. The predicted octanol–water partition coefficient (Wildman–Crippen LogP) is 4.14. The Balaban J connectivity index is 1.44. The maximum absolute atomic E-state index is 13.5. The van der Waals surface area contributed by atoms with Crippen LogP contribution in [0.3, 0.4) is 0 Å². The van der Waals surface area contributed by atoms with Crippen LogP contribution in [-0.4, -0.2) is 57.7 Å². The highest BCUT2D eigenvalue weighted by molar-refractivity contribution is 6.31. The lowest BCUT2D eigenvalue weighted by atomic mass is 9.87. The van der Waals surface area contributed by atoms with Gasteiger partial charge in [0.1, 0.15) is 12.2 Å². The third kappa shape index (κ3) is 5.15. The number of alkyl halides is 3. The lowest BCUT2D eigenvalue weighted by Gasteiger charge is -2.30. The van der Waals surface area contributed by atoms with Gasteiger partial charge in [-0.15, -0.1) is 0 Å². The number of hydrogen-bond donors (Lipinski definition) is 1. The molecule has 1 unspecified atom stereocenters. The minimum absolute atomic E-state index is 0.0109. The summed E-state index contributed by atoms with van der Waals surface area (Å²) in [4.78, 5) is 55.6. The normalized spacial score (nSPS) is 21.8. The average molecular weight is 543 g/mol. The summed E-state index contributed by atoms with van der Waals surface area (Å²) in [7, 11) is 1.52. The first-order valence-corrected chi connectivity index (χ1v) is 12.5. The molecular weight excluding hydrogens is 513 g/mol. The van der Waals surface area contributed by atoms with Crippen LogP contribution in [-0.2, 0) is 33.6 Å². The van der Waals surface area contributed by atoms with Crippen LogP contribution < -0.4 is 5.32 Å². The van der Waals surface area contributed by atoms with Crippen LogP contribution in [0.2, 0.25) is 5.02 Å². The molecule has 8 nitrogen and oxygen atoms in total. The van der Waals surface area contributed by atoms with Crippen LogP contribution >= 0.6 is 11.6 Å². The zero-order valence-corrected chi connectivity index (χ0v) is 21.9. The Bertz CT molecular complexity index is 1160. The molecular formula is C25H30ClF3N4O4. The molecule has 0 bridgehead atoms. The number of carbonyl (C=O) groups is 4. The Morgan fingerprint density at radius 1 is 1.14 bits per heavy atom. The number of urea groups is 1. The molecule has 1 saturated heterocycles. The second-order valence-corrected chi connectivity index (χ2v) is 11.6. The third-order valence-electron chi connectivity index (χ3n) is 7.22. The van der Waals surface area contributed by atoms with Crippen LogP contribution in [0.5, 0.6) is 0 Å². The van der Waals surface area contributed by atoms with Crippen LogP contribution in [0.4, 0.5) is 18.0 Å². The summed E-state index contributed by atoms with van der Waals surface area (Å²) in [5.74, 6) is -1.14. The van der Waals surface area contributed by atoms with Crippen LogP contribution in [0.15, 0.2) is 12.1 Å². The van der Waals surface area contributed by atoms with Gasteiger partial charge in [-0.1, -0.05) is 32.4 Å². The molecule has 1 saturated carbocycles. The number of nitrogens with one attached hydrogen (secondary N) is 1. The Morgan fingerprint density at radius 3 is 2.27 bits per heavy atom. The standard InChI is InChI=1S/C25H30ClF3N4O4/c1-23(2,3)20(35)31(4)13-33-21(36)24(16-5-6-16,30-22(33)37)8-7-19(34)32-11-14-9-17(25(27,28)29)18(26)10-15(14)12-32/h9-10,16H,5-8,11-13H2,1-4H3,(H,30,37). The molecule has 1 N–H and O–H groups in total. The van der Waals surface area contributed by atoms with Crippen LogP contribution in [0.1, 0.15) is 63.1 Å². The van der Waals surface area contributed by atoms with Gasteiger partial charge in [0.15, 0.2) is 0 Å². The van der Waals surface area contributed by atoms with Crippen molar-refractivity contribution in [2.75, 3.05) is 13.7 Å². The molecule has 2 aliphatic heterocycles. The van der Waals surface area contributed by atoms with Gasteiger partial charge in [-0.25, -0.2) is 9.69 Å². The number of benzene rings is 1. The number of amides is 5. The van der Waals surface area contributed by atoms with E-state index >= 15 is 0 Å². The van der Waals surface area contributed by atoms with Gasteiger partial charge in [-0.3, -0.25) is 14.4 Å². The Hall–Kier alpha value is -2.82. The molecule has 1 aliphatic carbocycles. The zero-order chi connectivity index (χ0) is 27.5. The Kier molecular flexibility index (Phi) is 6.75. The highest BCUT2D eigenvalue weighted by Gasteiger charge is 2.59. The second-order valence-electron chi connectivity index (χ2n) is 11.2. The van der Waals surface area contributed by atoms with Crippen molar-refractivity contribution >= 4 is 35.4 Å². The number of imide groups is 1. The van der Waals surface area contributed by atoms with E-state index < -0.39 is 39.7 Å². The van der Waals surface area contributed by atoms with Crippen molar-refractivity contribution in [2.45, 2.75) is 71.3 Å². The monoisotopic (exact) mass is 542 g/mol. The van der Waals surface area contributed by atoms with Crippen molar-refractivity contribution in [1.82, 2.24) is 20.0 Å². The first-order valence-electron chi connectivity index (χ1n) is 12.1. The van der Waals surface area contributed by atoms with Crippen molar-refractivity contribution in [1.29, 1.82) is 0 Å². The summed E-state index contributed by atoms with van der Waals surface area (Å²) in [6.07, 6.45) is -3.16. The summed E-state index contributed by atoms with van der Waals surface area (Å²) >= 11 is 5.82. The van der Waals surface area contributed by atoms with E-state index in [2.05, 4.69) is 5.32 Å². The van der Waals surface area contributed by atoms with Gasteiger partial charge in [0, 0.05) is 32.0 Å². The number of carbonyl (C=O) groups excluding carboxylic acids is 4. The van der Waals surface area contributed by atoms with E-state index in [4.69, 9.17) is 11.6 Å². The van der Waals surface area contributed by atoms with E-state index in [0.717, 1.165) is 23.8 Å². The summed E-state index contributed by atoms with van der Waals surface area (Å²) < 4.78 is 39.6. The highest BCUT2D eigenvalue weighted by Crippen LogP contribution is 2.46. The molecule has 12 heteroatoms. The minimum atomic E-state index is -4.60. The largest absolute Gasteiger partial charge is 0.417 e. The molecule has 2 heterocycles. The first kappa shape index (κ1) is 27.2. The lowest BCUT2D eigenvalue weighted by molar-refractivity contribution is -0.142. The quantitative estimate of drug-likeness (QED) is 0.547. The maximum Gasteiger partial charge on any atom is 0.417 e. The molecule has 1 aromatic rings. The van der Waals surface area contributed by atoms with Crippen molar-refractivity contribution in [3.63, 3.8) is 0 Å². The van der Waals surface area contributed by atoms with Crippen molar-refractivity contribution in [3.05, 3.63) is 33.8 Å². The minimum Gasteiger partial charge on any atom is -0.334 e. The van der Waals surface area contributed by atoms with E-state index in [1.807, 2.05) is 0 Å². The van der Waals surface area contributed by atoms with Crippen LogP contribution in [0.25, 0.3) is 0 Å². The molecule has 37 heavy (non-hydrogen) atoms. The summed E-state index contributed by atoms with van der Waals surface area (Å²) in [6, 6.07) is 1.61. The van der Waals surface area contributed by atoms with Gasteiger partial charge in [0.05, 0.1) is 10.6 Å². The number of rotatable bonds is 6. The van der Waals surface area contributed by atoms with E-state index in [-0.39, 0.29) is 50.3 Å². The van der Waals surface area contributed by atoms with Crippen molar-refractivity contribution < 1.29 is 32.3 Å². The molecule has 1 atom stereocenters. The van der Waals surface area contributed by atoms with Gasteiger partial charge >= 0.3 is 12.2 Å². The molecule has 0 aromatic heterocycles. The molecule has 1 aromatic carbocycles. The fourth-order valence-corrected chi connectivity index (χ4v) is 5.42. The Labute approximate surface area is 218 Å². The smallest absolute Gasteiger partial charge is 0.334 e. The fraction of sp³-hybridized carbons (Fsp3) is 0.600. The van der Waals surface area contributed by atoms with E-state index in [1.54, 1.807) is 20.8 Å². The van der Waals surface area contributed by atoms with E-state index in [0.29, 0.717) is 11.1 Å². The molecule has 4 rings (SSSR count). The van der Waals surface area contributed by atoms with Gasteiger partial charge in [0.25, 0.3) is 5.91 Å². The molecule has 5 amide bonds. The average Bonchev–Trinajstić information content (AvgIpc) is 3.51. The zero-order valence-electron chi connectivity index (χ0n) is 21.2. The van der Waals surface area contributed by atoms with E-state index in [9.17, 15) is 32.3 Å². The molecule has 202 valence electrons. The topological polar surface area (TPSA) is 90.0 Å². The van der Waals surface area contributed by atoms with Crippen molar-refractivity contribution in [2.24, 2.45) is 11.3 Å². The number of nitrogens with zero attached hydrogens (tertiary/aromatic N) is 3. The molecule has 3 aliphatic rings. The fourth-order valence-electron chi connectivity index (χ4n) is 5.13. The van der Waals surface area contributed by atoms with E-state index in [1.165, 1.54) is 22.9 Å².